The van der Waals surface area contributed by atoms with Crippen LogP contribution in [0.15, 0.2) is 0 Å². The van der Waals surface area contributed by atoms with E-state index in [9.17, 15) is 4.79 Å². The van der Waals surface area contributed by atoms with Crippen LogP contribution in [0.2, 0.25) is 0 Å². The molecule has 0 rings (SSSR count). The SMILES string of the molecule is CCC(C)CNNC(=O)OC(C)(C)C. The van der Waals surface area contributed by atoms with Gasteiger partial charge in [-0.05, 0) is 26.7 Å². The van der Waals surface area contributed by atoms with Gasteiger partial charge in [0.15, 0.2) is 0 Å². The van der Waals surface area contributed by atoms with E-state index in [4.69, 9.17) is 4.74 Å². The molecular weight excluding hydrogens is 180 g/mol. The average molecular weight is 202 g/mol. The number of amides is 1. The van der Waals surface area contributed by atoms with Crippen molar-refractivity contribution in [2.45, 2.75) is 46.6 Å². The molecule has 0 spiro atoms. The Morgan fingerprint density at radius 1 is 1.43 bits per heavy atom. The van der Waals surface area contributed by atoms with Crippen molar-refractivity contribution in [3.05, 3.63) is 0 Å². The van der Waals surface area contributed by atoms with Gasteiger partial charge in [-0.3, -0.25) is 5.43 Å². The number of carbonyl (C=O) groups excluding carboxylic acids is 1. The number of rotatable bonds is 4. The normalized spacial score (nSPS) is 13.5. The monoisotopic (exact) mass is 202 g/mol. The van der Waals surface area contributed by atoms with Crippen molar-refractivity contribution in [1.29, 1.82) is 0 Å². The Hall–Kier alpha value is -0.770. The van der Waals surface area contributed by atoms with Gasteiger partial charge in [-0.15, -0.1) is 0 Å². The Balaban J connectivity index is 3.55. The second-order valence-electron chi connectivity index (χ2n) is 4.52. The summed E-state index contributed by atoms with van der Waals surface area (Å²) in [5.41, 5.74) is 4.88. The third kappa shape index (κ3) is 7.86. The van der Waals surface area contributed by atoms with E-state index in [1.54, 1.807) is 0 Å². The Labute approximate surface area is 86.4 Å². The molecular formula is C10H22N2O2. The predicted molar refractivity (Wildman–Crippen MR) is 56.8 cm³/mol. The van der Waals surface area contributed by atoms with E-state index in [-0.39, 0.29) is 0 Å². The molecule has 0 saturated heterocycles. The van der Waals surface area contributed by atoms with E-state index in [1.807, 2.05) is 20.8 Å². The molecule has 0 fully saturated rings. The summed E-state index contributed by atoms with van der Waals surface area (Å²) in [5, 5.41) is 0. The maximum absolute atomic E-state index is 11.1. The summed E-state index contributed by atoms with van der Waals surface area (Å²) in [6.07, 6.45) is 0.656. The highest BCUT2D eigenvalue weighted by molar-refractivity contribution is 5.66. The molecule has 1 amide bonds. The maximum atomic E-state index is 11.1. The van der Waals surface area contributed by atoms with Gasteiger partial charge >= 0.3 is 6.09 Å². The number of nitrogens with one attached hydrogen (secondary N) is 2. The second kappa shape index (κ2) is 5.86. The lowest BCUT2D eigenvalue weighted by Gasteiger charge is -2.20. The van der Waals surface area contributed by atoms with Crippen molar-refractivity contribution in [3.8, 4) is 0 Å². The van der Waals surface area contributed by atoms with Crippen LogP contribution in [0.1, 0.15) is 41.0 Å². The minimum Gasteiger partial charge on any atom is -0.443 e. The average Bonchev–Trinajstić information content (AvgIpc) is 2.00. The first-order valence-corrected chi connectivity index (χ1v) is 5.07. The Morgan fingerprint density at radius 2 is 2.00 bits per heavy atom. The predicted octanol–water partition coefficient (Wildman–Crippen LogP) is 2.06. The third-order valence-corrected chi connectivity index (χ3v) is 1.74. The molecule has 0 aromatic heterocycles. The molecule has 1 unspecified atom stereocenters. The van der Waals surface area contributed by atoms with Gasteiger partial charge in [-0.1, -0.05) is 20.3 Å². The van der Waals surface area contributed by atoms with E-state index in [0.717, 1.165) is 13.0 Å². The summed E-state index contributed by atoms with van der Waals surface area (Å²) in [6.45, 7) is 10.5. The first kappa shape index (κ1) is 13.2. The summed E-state index contributed by atoms with van der Waals surface area (Å²) in [6, 6.07) is 0. The van der Waals surface area contributed by atoms with Crippen LogP contribution in [0, 0.1) is 5.92 Å². The largest absolute Gasteiger partial charge is 0.443 e. The van der Waals surface area contributed by atoms with E-state index < -0.39 is 11.7 Å². The highest BCUT2D eigenvalue weighted by atomic mass is 16.6. The lowest BCUT2D eigenvalue weighted by atomic mass is 10.1. The van der Waals surface area contributed by atoms with Crippen LogP contribution in [0.4, 0.5) is 4.79 Å². The van der Waals surface area contributed by atoms with Crippen molar-refractivity contribution in [2.24, 2.45) is 5.92 Å². The zero-order valence-corrected chi connectivity index (χ0v) is 9.81. The molecule has 0 bridgehead atoms. The zero-order valence-electron chi connectivity index (χ0n) is 9.81. The van der Waals surface area contributed by atoms with E-state index in [1.165, 1.54) is 0 Å². The molecule has 4 heteroatoms. The van der Waals surface area contributed by atoms with Crippen molar-refractivity contribution in [3.63, 3.8) is 0 Å². The lowest BCUT2D eigenvalue weighted by Crippen LogP contribution is -2.42. The standard InChI is InChI=1S/C10H22N2O2/c1-6-8(2)7-11-12-9(13)14-10(3,4)5/h8,11H,6-7H2,1-5H3,(H,12,13). The number of hydrazine groups is 1. The van der Waals surface area contributed by atoms with Crippen molar-refractivity contribution in [2.75, 3.05) is 6.54 Å². The van der Waals surface area contributed by atoms with Gasteiger partial charge in [-0.2, -0.15) is 0 Å². The van der Waals surface area contributed by atoms with Crippen LogP contribution < -0.4 is 10.9 Å². The molecule has 0 heterocycles. The van der Waals surface area contributed by atoms with Crippen LogP contribution >= 0.6 is 0 Å². The second-order valence-corrected chi connectivity index (χ2v) is 4.52. The van der Waals surface area contributed by atoms with Crippen molar-refractivity contribution in [1.82, 2.24) is 10.9 Å². The number of ether oxygens (including phenoxy) is 1. The fourth-order valence-corrected chi connectivity index (χ4v) is 0.745. The van der Waals surface area contributed by atoms with Gasteiger partial charge in [0, 0.05) is 6.54 Å². The van der Waals surface area contributed by atoms with Gasteiger partial charge in [0.1, 0.15) is 5.60 Å². The van der Waals surface area contributed by atoms with Gasteiger partial charge < -0.3 is 4.74 Å². The maximum Gasteiger partial charge on any atom is 0.422 e. The van der Waals surface area contributed by atoms with E-state index in [0.29, 0.717) is 5.92 Å². The molecule has 84 valence electrons. The van der Waals surface area contributed by atoms with Crippen molar-refractivity contribution < 1.29 is 9.53 Å². The fourth-order valence-electron chi connectivity index (χ4n) is 0.745. The molecule has 0 aliphatic heterocycles. The van der Waals surface area contributed by atoms with E-state index in [2.05, 4.69) is 24.7 Å². The number of carbonyl (C=O) groups is 1. The lowest BCUT2D eigenvalue weighted by molar-refractivity contribution is 0.0495. The molecule has 1 atom stereocenters. The Bertz CT molecular complexity index is 175. The zero-order chi connectivity index (χ0) is 11.2. The molecule has 0 aliphatic carbocycles. The molecule has 0 aromatic carbocycles. The summed E-state index contributed by atoms with van der Waals surface area (Å²) in [4.78, 5) is 11.1. The third-order valence-electron chi connectivity index (χ3n) is 1.74. The van der Waals surface area contributed by atoms with Gasteiger partial charge in [-0.25, -0.2) is 10.2 Å². The Kier molecular flexibility index (Phi) is 5.53. The summed E-state index contributed by atoms with van der Waals surface area (Å²) < 4.78 is 5.04. The van der Waals surface area contributed by atoms with E-state index >= 15 is 0 Å². The topological polar surface area (TPSA) is 50.4 Å². The fraction of sp³-hybridized carbons (Fsp3) is 0.900. The molecule has 0 saturated carbocycles. The van der Waals surface area contributed by atoms with Crippen LogP contribution in [0.25, 0.3) is 0 Å². The Morgan fingerprint density at radius 3 is 2.43 bits per heavy atom. The molecule has 0 aromatic rings. The molecule has 2 N–H and O–H groups in total. The minimum atomic E-state index is -0.442. The van der Waals surface area contributed by atoms with Gasteiger partial charge in [0.05, 0.1) is 0 Å². The molecule has 0 aliphatic rings. The van der Waals surface area contributed by atoms with Gasteiger partial charge in [0.25, 0.3) is 0 Å². The number of hydrogen-bond acceptors (Lipinski definition) is 3. The highest BCUT2D eigenvalue weighted by Gasteiger charge is 2.15. The minimum absolute atomic E-state index is 0.430. The molecule has 0 radical (unpaired) electrons. The van der Waals surface area contributed by atoms with Crippen LogP contribution in [0.3, 0.4) is 0 Å². The summed E-state index contributed by atoms with van der Waals surface area (Å²) in [7, 11) is 0. The summed E-state index contributed by atoms with van der Waals surface area (Å²) in [5.74, 6) is 0.546. The quantitative estimate of drug-likeness (QED) is 0.686. The number of hydrogen-bond donors (Lipinski definition) is 2. The first-order chi connectivity index (χ1) is 6.35. The summed E-state index contributed by atoms with van der Waals surface area (Å²) >= 11 is 0. The smallest absolute Gasteiger partial charge is 0.422 e. The highest BCUT2D eigenvalue weighted by Crippen LogP contribution is 2.05. The molecule has 14 heavy (non-hydrogen) atoms. The first-order valence-electron chi connectivity index (χ1n) is 5.07. The van der Waals surface area contributed by atoms with Crippen LogP contribution in [-0.2, 0) is 4.74 Å². The van der Waals surface area contributed by atoms with Crippen molar-refractivity contribution >= 4 is 6.09 Å². The molecule has 4 nitrogen and oxygen atoms in total. The van der Waals surface area contributed by atoms with Gasteiger partial charge in [0.2, 0.25) is 0 Å². The van der Waals surface area contributed by atoms with Crippen LogP contribution in [0.5, 0.6) is 0 Å². The van der Waals surface area contributed by atoms with Crippen LogP contribution in [-0.4, -0.2) is 18.2 Å².